The maximum absolute atomic E-state index is 12.6. The molecule has 0 aromatic heterocycles. The Labute approximate surface area is 160 Å². The lowest BCUT2D eigenvalue weighted by atomic mass is 10.0. The van der Waals surface area contributed by atoms with Gasteiger partial charge in [0, 0.05) is 6.54 Å². The third-order valence-corrected chi connectivity index (χ3v) is 5.78. The van der Waals surface area contributed by atoms with E-state index in [1.54, 1.807) is 12.1 Å². The maximum atomic E-state index is 12.6. The number of nitrogens with zero attached hydrogens (tertiary/aromatic N) is 1. The molecule has 2 atom stereocenters. The summed E-state index contributed by atoms with van der Waals surface area (Å²) in [6, 6.07) is 15.2. The van der Waals surface area contributed by atoms with Gasteiger partial charge >= 0.3 is 0 Å². The fourth-order valence-electron chi connectivity index (χ4n) is 3.08. The van der Waals surface area contributed by atoms with Gasteiger partial charge in [-0.25, -0.2) is 8.42 Å². The first-order chi connectivity index (χ1) is 12.8. The van der Waals surface area contributed by atoms with Crippen LogP contribution in [0.2, 0.25) is 0 Å². The molecule has 0 saturated carbocycles. The number of carbonyl (C=O) groups is 1. The standard InChI is InChI=1S/C20H24N2O4S/c1-14-9-10-17-18(11-14)26-19(13-22(17)27(3,24)25)20(23)21-12-15(2)16-7-5-4-6-8-16/h4-11,15,19H,12-13H2,1-3H3,(H,21,23)/t15-,19-/m0/s1. The molecule has 0 spiro atoms. The van der Waals surface area contributed by atoms with Gasteiger partial charge in [-0.2, -0.15) is 0 Å². The molecular formula is C20H24N2O4S. The van der Waals surface area contributed by atoms with E-state index in [9.17, 15) is 13.2 Å². The summed E-state index contributed by atoms with van der Waals surface area (Å²) in [4.78, 5) is 12.6. The number of hydrogen-bond acceptors (Lipinski definition) is 4. The van der Waals surface area contributed by atoms with Crippen LogP contribution in [0.4, 0.5) is 5.69 Å². The summed E-state index contributed by atoms with van der Waals surface area (Å²) < 4.78 is 31.4. The quantitative estimate of drug-likeness (QED) is 0.854. The van der Waals surface area contributed by atoms with Gasteiger partial charge in [-0.15, -0.1) is 0 Å². The second-order valence-corrected chi connectivity index (χ2v) is 8.84. The molecule has 2 aromatic carbocycles. The monoisotopic (exact) mass is 388 g/mol. The Kier molecular flexibility index (Phi) is 5.41. The summed E-state index contributed by atoms with van der Waals surface area (Å²) in [7, 11) is -3.52. The van der Waals surface area contributed by atoms with E-state index in [2.05, 4.69) is 5.32 Å². The van der Waals surface area contributed by atoms with Crippen molar-refractivity contribution in [2.45, 2.75) is 25.9 Å². The van der Waals surface area contributed by atoms with Gasteiger partial charge in [0.05, 0.1) is 18.5 Å². The molecule has 1 amide bonds. The molecule has 0 saturated heterocycles. The zero-order valence-corrected chi connectivity index (χ0v) is 16.5. The predicted octanol–water partition coefficient (Wildman–Crippen LogP) is 2.44. The Morgan fingerprint density at radius 1 is 1.26 bits per heavy atom. The number of benzene rings is 2. The molecule has 27 heavy (non-hydrogen) atoms. The van der Waals surface area contributed by atoms with Gasteiger partial charge in [-0.3, -0.25) is 9.10 Å². The van der Waals surface area contributed by atoms with Gasteiger partial charge in [0.2, 0.25) is 10.0 Å². The van der Waals surface area contributed by atoms with E-state index in [1.807, 2.05) is 50.2 Å². The van der Waals surface area contributed by atoms with E-state index in [4.69, 9.17) is 4.74 Å². The van der Waals surface area contributed by atoms with Crippen LogP contribution >= 0.6 is 0 Å². The average Bonchev–Trinajstić information content (AvgIpc) is 2.64. The normalized spacial score (nSPS) is 17.6. The highest BCUT2D eigenvalue weighted by molar-refractivity contribution is 7.92. The summed E-state index contributed by atoms with van der Waals surface area (Å²) in [5, 5.41) is 2.88. The highest BCUT2D eigenvalue weighted by Crippen LogP contribution is 2.35. The Balaban J connectivity index is 1.74. The topological polar surface area (TPSA) is 75.7 Å². The van der Waals surface area contributed by atoms with Crippen LogP contribution in [-0.4, -0.2) is 39.8 Å². The molecular weight excluding hydrogens is 364 g/mol. The van der Waals surface area contributed by atoms with Crippen molar-refractivity contribution >= 4 is 21.6 Å². The second-order valence-electron chi connectivity index (χ2n) is 6.93. The van der Waals surface area contributed by atoms with Crippen molar-refractivity contribution in [2.75, 3.05) is 23.7 Å². The van der Waals surface area contributed by atoms with Crippen molar-refractivity contribution in [3.63, 3.8) is 0 Å². The van der Waals surface area contributed by atoms with Gasteiger partial charge in [-0.05, 0) is 36.1 Å². The van der Waals surface area contributed by atoms with Crippen LogP contribution in [0, 0.1) is 6.92 Å². The second kappa shape index (κ2) is 7.60. The number of hydrogen-bond donors (Lipinski definition) is 1. The molecule has 0 radical (unpaired) electrons. The van der Waals surface area contributed by atoms with Crippen LogP contribution in [0.5, 0.6) is 5.75 Å². The highest BCUT2D eigenvalue weighted by Gasteiger charge is 2.35. The molecule has 1 aliphatic rings. The minimum atomic E-state index is -3.52. The van der Waals surface area contributed by atoms with Crippen LogP contribution in [0.1, 0.15) is 24.0 Å². The number of amides is 1. The number of fused-ring (bicyclic) bond motifs is 1. The Morgan fingerprint density at radius 2 is 1.96 bits per heavy atom. The molecule has 1 heterocycles. The first-order valence-corrected chi connectivity index (χ1v) is 10.7. The van der Waals surface area contributed by atoms with E-state index in [0.717, 1.165) is 17.4 Å². The Morgan fingerprint density at radius 3 is 2.63 bits per heavy atom. The number of ether oxygens (including phenoxy) is 1. The van der Waals surface area contributed by atoms with E-state index in [-0.39, 0.29) is 18.4 Å². The van der Waals surface area contributed by atoms with Crippen LogP contribution in [0.3, 0.4) is 0 Å². The largest absolute Gasteiger partial charge is 0.476 e. The van der Waals surface area contributed by atoms with Gasteiger partial charge < -0.3 is 10.1 Å². The van der Waals surface area contributed by atoms with E-state index in [1.165, 1.54) is 4.31 Å². The zero-order chi connectivity index (χ0) is 19.6. The van der Waals surface area contributed by atoms with E-state index in [0.29, 0.717) is 18.0 Å². The molecule has 1 N–H and O–H groups in total. The molecule has 3 rings (SSSR count). The zero-order valence-electron chi connectivity index (χ0n) is 15.7. The van der Waals surface area contributed by atoms with Crippen molar-refractivity contribution in [2.24, 2.45) is 0 Å². The van der Waals surface area contributed by atoms with Gasteiger partial charge in [0.25, 0.3) is 5.91 Å². The lowest BCUT2D eigenvalue weighted by Crippen LogP contribution is -2.50. The van der Waals surface area contributed by atoms with Crippen molar-refractivity contribution in [1.82, 2.24) is 5.32 Å². The van der Waals surface area contributed by atoms with Crippen molar-refractivity contribution in [3.05, 3.63) is 59.7 Å². The molecule has 2 aromatic rings. The summed E-state index contributed by atoms with van der Waals surface area (Å²) in [6.45, 7) is 4.32. The minimum absolute atomic E-state index is 0.0412. The molecule has 6 nitrogen and oxygen atoms in total. The number of sulfonamides is 1. The maximum Gasteiger partial charge on any atom is 0.263 e. The number of rotatable bonds is 5. The van der Waals surface area contributed by atoms with Crippen LogP contribution in [0.25, 0.3) is 0 Å². The number of aryl methyl sites for hydroxylation is 1. The van der Waals surface area contributed by atoms with Crippen LogP contribution < -0.4 is 14.4 Å². The average molecular weight is 388 g/mol. The van der Waals surface area contributed by atoms with Crippen molar-refractivity contribution in [1.29, 1.82) is 0 Å². The van der Waals surface area contributed by atoms with Crippen LogP contribution in [-0.2, 0) is 14.8 Å². The number of carbonyl (C=O) groups excluding carboxylic acids is 1. The third-order valence-electron chi connectivity index (χ3n) is 4.63. The summed E-state index contributed by atoms with van der Waals surface area (Å²) in [5.41, 5.74) is 2.52. The predicted molar refractivity (Wildman–Crippen MR) is 106 cm³/mol. The molecule has 0 unspecified atom stereocenters. The Bertz CT molecular complexity index is 928. The lowest BCUT2D eigenvalue weighted by molar-refractivity contribution is -0.127. The molecule has 0 bridgehead atoms. The van der Waals surface area contributed by atoms with Crippen LogP contribution in [0.15, 0.2) is 48.5 Å². The SMILES string of the molecule is Cc1ccc2c(c1)O[C@H](C(=O)NC[C@H](C)c1ccccc1)CN2S(C)(=O)=O. The van der Waals surface area contributed by atoms with Crippen molar-refractivity contribution in [3.8, 4) is 5.75 Å². The van der Waals surface area contributed by atoms with Crippen molar-refractivity contribution < 1.29 is 17.9 Å². The number of anilines is 1. The molecule has 0 fully saturated rings. The van der Waals surface area contributed by atoms with Gasteiger partial charge in [-0.1, -0.05) is 43.3 Å². The molecule has 0 aliphatic carbocycles. The highest BCUT2D eigenvalue weighted by atomic mass is 32.2. The molecule has 144 valence electrons. The number of nitrogens with one attached hydrogen (secondary N) is 1. The Hall–Kier alpha value is -2.54. The summed E-state index contributed by atoms with van der Waals surface area (Å²) >= 11 is 0. The first kappa shape index (κ1) is 19.2. The fraction of sp³-hybridized carbons (Fsp3) is 0.350. The fourth-order valence-corrected chi connectivity index (χ4v) is 3.99. The first-order valence-electron chi connectivity index (χ1n) is 8.83. The van der Waals surface area contributed by atoms with E-state index < -0.39 is 16.1 Å². The minimum Gasteiger partial charge on any atom is -0.476 e. The molecule has 1 aliphatic heterocycles. The molecule has 7 heteroatoms. The third kappa shape index (κ3) is 4.42. The summed E-state index contributed by atoms with van der Waals surface area (Å²) in [6.07, 6.45) is 0.242. The smallest absolute Gasteiger partial charge is 0.263 e. The summed E-state index contributed by atoms with van der Waals surface area (Å²) in [5.74, 6) is 0.223. The lowest BCUT2D eigenvalue weighted by Gasteiger charge is -2.34. The van der Waals surface area contributed by atoms with E-state index >= 15 is 0 Å². The van der Waals surface area contributed by atoms with Gasteiger partial charge in [0.1, 0.15) is 5.75 Å². The van der Waals surface area contributed by atoms with Gasteiger partial charge in [0.15, 0.2) is 6.10 Å².